The van der Waals surface area contributed by atoms with Crippen LogP contribution >= 0.6 is 0 Å². The van der Waals surface area contributed by atoms with E-state index in [1.54, 1.807) is 41.5 Å². The van der Waals surface area contributed by atoms with E-state index in [2.05, 4.69) is 19.8 Å². The van der Waals surface area contributed by atoms with Crippen molar-refractivity contribution in [1.29, 1.82) is 0 Å². The second-order valence-corrected chi connectivity index (χ2v) is 7.34. The molecule has 0 radical (unpaired) electrons. The third kappa shape index (κ3) is 4.15. The third-order valence-electron chi connectivity index (χ3n) is 5.35. The van der Waals surface area contributed by atoms with Gasteiger partial charge in [-0.1, -0.05) is 6.07 Å². The molecule has 1 aliphatic rings. The molecule has 3 heterocycles. The van der Waals surface area contributed by atoms with Crippen LogP contribution in [0, 0.1) is 18.4 Å². The molecule has 140 valence electrons. The Morgan fingerprint density at radius 3 is 2.46 bits per heavy atom. The minimum Gasteiger partial charge on any atom is -0.283 e. The van der Waals surface area contributed by atoms with Gasteiger partial charge in [-0.15, -0.1) is 0 Å². The van der Waals surface area contributed by atoms with Gasteiger partial charge in [0.05, 0.1) is 18.5 Å². The van der Waals surface area contributed by atoms with Gasteiger partial charge in [-0.05, 0) is 55.7 Å². The van der Waals surface area contributed by atoms with Crippen molar-refractivity contribution in [1.82, 2.24) is 19.5 Å². The zero-order valence-corrected chi connectivity index (χ0v) is 15.5. The van der Waals surface area contributed by atoms with E-state index in [0.29, 0.717) is 17.5 Å². The minimum atomic E-state index is -0.0534. The average molecular weight is 371 g/mol. The lowest BCUT2D eigenvalue weighted by Crippen LogP contribution is -2.15. The minimum absolute atomic E-state index is 0.0534. The van der Waals surface area contributed by atoms with Crippen molar-refractivity contribution in [3.05, 3.63) is 88.4 Å². The zero-order valence-electron chi connectivity index (χ0n) is 15.5. The van der Waals surface area contributed by atoms with Crippen molar-refractivity contribution in [2.24, 2.45) is 11.8 Å². The van der Waals surface area contributed by atoms with Crippen molar-refractivity contribution in [3.8, 4) is 5.69 Å². The van der Waals surface area contributed by atoms with Crippen LogP contribution in [0.1, 0.15) is 30.8 Å². The van der Waals surface area contributed by atoms with Crippen LogP contribution in [-0.4, -0.2) is 19.5 Å². The fraction of sp³-hybridized carbons (Fsp3) is 0.318. The van der Waals surface area contributed by atoms with E-state index in [4.69, 9.17) is 6.57 Å². The molecular formula is C22H21N5O. The summed E-state index contributed by atoms with van der Waals surface area (Å²) in [6.07, 6.45) is 12.1. The average Bonchev–Trinajstić information content (AvgIpc) is 3.16. The second kappa shape index (κ2) is 8.13. The number of hydrogen-bond donors (Lipinski definition) is 0. The fourth-order valence-corrected chi connectivity index (χ4v) is 3.94. The first-order valence-electron chi connectivity index (χ1n) is 9.52. The summed E-state index contributed by atoms with van der Waals surface area (Å²) in [4.78, 5) is 28.4. The van der Waals surface area contributed by atoms with Crippen LogP contribution in [-0.2, 0) is 12.8 Å². The molecule has 1 aliphatic carbocycles. The number of aromatic nitrogens is 4. The first-order valence-corrected chi connectivity index (χ1v) is 9.52. The van der Waals surface area contributed by atoms with E-state index in [9.17, 15) is 4.79 Å². The lowest BCUT2D eigenvalue weighted by Gasteiger charge is -2.11. The molecule has 28 heavy (non-hydrogen) atoms. The van der Waals surface area contributed by atoms with Gasteiger partial charge in [0.1, 0.15) is 5.82 Å². The molecule has 1 saturated carbocycles. The fourth-order valence-electron chi connectivity index (χ4n) is 3.94. The molecule has 2 atom stereocenters. The summed E-state index contributed by atoms with van der Waals surface area (Å²) in [6, 6.07) is 9.11. The maximum atomic E-state index is 11.9. The molecule has 0 aliphatic heterocycles. The Kier molecular flexibility index (Phi) is 5.24. The Labute approximate surface area is 163 Å². The second-order valence-electron chi connectivity index (χ2n) is 7.34. The molecule has 4 rings (SSSR count). The SMILES string of the molecule is [C-]#[N+]c1cnc(C[C@H]2CC[C@H](Cc3ccc(-n4ccccc4=O)cn3)C2)nc1. The Bertz CT molecular complexity index is 1030. The Balaban J connectivity index is 1.34. The summed E-state index contributed by atoms with van der Waals surface area (Å²) in [7, 11) is 0. The van der Waals surface area contributed by atoms with Crippen LogP contribution in [0.2, 0.25) is 0 Å². The Morgan fingerprint density at radius 2 is 1.79 bits per heavy atom. The molecule has 0 spiro atoms. The molecule has 0 unspecified atom stereocenters. The van der Waals surface area contributed by atoms with Crippen LogP contribution in [0.15, 0.2) is 59.9 Å². The highest BCUT2D eigenvalue weighted by molar-refractivity contribution is 5.38. The van der Waals surface area contributed by atoms with Gasteiger partial charge in [0.25, 0.3) is 5.56 Å². The normalized spacial score (nSPS) is 18.7. The summed E-state index contributed by atoms with van der Waals surface area (Å²) in [5.41, 5.74) is 2.29. The van der Waals surface area contributed by atoms with Crippen molar-refractivity contribution in [2.45, 2.75) is 32.1 Å². The summed E-state index contributed by atoms with van der Waals surface area (Å²) in [6.45, 7) is 6.97. The zero-order chi connectivity index (χ0) is 19.3. The summed E-state index contributed by atoms with van der Waals surface area (Å²) >= 11 is 0. The molecule has 0 aromatic carbocycles. The number of nitrogens with zero attached hydrogens (tertiary/aromatic N) is 5. The summed E-state index contributed by atoms with van der Waals surface area (Å²) in [5, 5.41) is 0. The summed E-state index contributed by atoms with van der Waals surface area (Å²) < 4.78 is 1.60. The van der Waals surface area contributed by atoms with Crippen molar-refractivity contribution in [2.75, 3.05) is 0 Å². The Morgan fingerprint density at radius 1 is 1.00 bits per heavy atom. The van der Waals surface area contributed by atoms with Gasteiger partial charge in [0.15, 0.2) is 0 Å². The van der Waals surface area contributed by atoms with E-state index in [1.807, 2.05) is 18.2 Å². The largest absolute Gasteiger partial charge is 0.283 e. The van der Waals surface area contributed by atoms with Gasteiger partial charge in [0, 0.05) is 36.8 Å². The van der Waals surface area contributed by atoms with Crippen molar-refractivity contribution in [3.63, 3.8) is 0 Å². The van der Waals surface area contributed by atoms with E-state index in [1.165, 1.54) is 12.8 Å². The maximum absolute atomic E-state index is 11.9. The molecule has 6 nitrogen and oxygen atoms in total. The molecule has 0 amide bonds. The first-order chi connectivity index (χ1) is 13.7. The first kappa shape index (κ1) is 18.1. The molecule has 1 fully saturated rings. The van der Waals surface area contributed by atoms with Crippen LogP contribution in [0.25, 0.3) is 10.5 Å². The molecule has 3 aromatic heterocycles. The quantitative estimate of drug-likeness (QED) is 0.640. The highest BCUT2D eigenvalue weighted by atomic mass is 16.1. The number of hydrogen-bond acceptors (Lipinski definition) is 4. The molecule has 0 N–H and O–H groups in total. The molecule has 3 aromatic rings. The smallest absolute Gasteiger partial charge is 0.255 e. The van der Waals surface area contributed by atoms with Gasteiger partial charge in [-0.25, -0.2) is 4.85 Å². The predicted molar refractivity (Wildman–Crippen MR) is 106 cm³/mol. The molecule has 0 bridgehead atoms. The maximum Gasteiger partial charge on any atom is 0.255 e. The van der Waals surface area contributed by atoms with Gasteiger partial charge >= 0.3 is 0 Å². The van der Waals surface area contributed by atoms with E-state index < -0.39 is 0 Å². The topological polar surface area (TPSA) is 65.0 Å². The van der Waals surface area contributed by atoms with Gasteiger partial charge in [-0.2, -0.15) is 0 Å². The van der Waals surface area contributed by atoms with Crippen LogP contribution in [0.3, 0.4) is 0 Å². The van der Waals surface area contributed by atoms with Gasteiger partial charge in [0.2, 0.25) is 5.69 Å². The molecular weight excluding hydrogens is 350 g/mol. The third-order valence-corrected chi connectivity index (χ3v) is 5.35. The molecule has 6 heteroatoms. The lowest BCUT2D eigenvalue weighted by molar-refractivity contribution is 0.477. The van der Waals surface area contributed by atoms with Gasteiger partial charge in [-0.3, -0.25) is 24.3 Å². The number of pyridine rings is 2. The Hall–Kier alpha value is -3.33. The van der Waals surface area contributed by atoms with Crippen molar-refractivity contribution >= 4 is 5.69 Å². The van der Waals surface area contributed by atoms with E-state index in [0.717, 1.165) is 36.5 Å². The highest BCUT2D eigenvalue weighted by Crippen LogP contribution is 2.34. The predicted octanol–water partition coefficient (Wildman–Crippen LogP) is 3.77. The van der Waals surface area contributed by atoms with Crippen LogP contribution in [0.5, 0.6) is 0 Å². The van der Waals surface area contributed by atoms with Crippen molar-refractivity contribution < 1.29 is 0 Å². The van der Waals surface area contributed by atoms with Crippen LogP contribution < -0.4 is 5.56 Å². The number of rotatable bonds is 5. The van der Waals surface area contributed by atoms with E-state index in [-0.39, 0.29) is 5.56 Å². The van der Waals surface area contributed by atoms with Gasteiger partial charge < -0.3 is 0 Å². The standard InChI is InChI=1S/C22H21N5O/c1-23-19-13-25-21(26-14-19)12-17-6-5-16(10-17)11-18-7-8-20(15-24-18)27-9-3-2-4-22(27)28/h2-4,7-9,13-17H,5-6,10-12H2/t16-,17-/m0/s1. The van der Waals surface area contributed by atoms with Crippen LogP contribution in [0.4, 0.5) is 5.69 Å². The monoisotopic (exact) mass is 371 g/mol. The van der Waals surface area contributed by atoms with E-state index >= 15 is 0 Å². The lowest BCUT2D eigenvalue weighted by atomic mass is 9.97. The highest BCUT2D eigenvalue weighted by Gasteiger charge is 2.26. The summed E-state index contributed by atoms with van der Waals surface area (Å²) in [5.74, 6) is 2.03. The molecule has 0 saturated heterocycles.